The number of hydrogen-bond donors (Lipinski definition) is 1. The molecule has 0 spiro atoms. The fourth-order valence-electron chi connectivity index (χ4n) is 3.00. The molecule has 0 bridgehead atoms. The second-order valence-corrected chi connectivity index (χ2v) is 6.49. The SMILES string of the molecule is COc1ccc(C(=O)NCC(c2ccco2)N(C)C)cc1-c1ccccc1. The molecule has 3 rings (SSSR count). The van der Waals surface area contributed by atoms with Crippen molar-refractivity contribution in [3.8, 4) is 16.9 Å². The predicted octanol–water partition coefficient (Wildman–Crippen LogP) is 3.99. The minimum absolute atomic E-state index is 0.0317. The lowest BCUT2D eigenvalue weighted by atomic mass is 10.0. The largest absolute Gasteiger partial charge is 0.496 e. The van der Waals surface area contributed by atoms with E-state index >= 15 is 0 Å². The summed E-state index contributed by atoms with van der Waals surface area (Å²) >= 11 is 0. The molecular formula is C22H24N2O3. The highest BCUT2D eigenvalue weighted by molar-refractivity contribution is 5.96. The fourth-order valence-corrected chi connectivity index (χ4v) is 3.00. The number of furan rings is 1. The Labute approximate surface area is 159 Å². The second-order valence-electron chi connectivity index (χ2n) is 6.49. The maximum atomic E-state index is 12.7. The van der Waals surface area contributed by atoms with E-state index < -0.39 is 0 Å². The quantitative estimate of drug-likeness (QED) is 0.689. The number of likely N-dealkylation sites (N-methyl/N-ethyl adjacent to an activating group) is 1. The van der Waals surface area contributed by atoms with Crippen LogP contribution in [0.5, 0.6) is 5.75 Å². The van der Waals surface area contributed by atoms with E-state index in [9.17, 15) is 4.79 Å². The molecular weight excluding hydrogens is 340 g/mol. The van der Waals surface area contributed by atoms with Gasteiger partial charge in [0.2, 0.25) is 0 Å². The number of benzene rings is 2. The summed E-state index contributed by atoms with van der Waals surface area (Å²) in [7, 11) is 5.55. The molecule has 2 aromatic carbocycles. The lowest BCUT2D eigenvalue weighted by molar-refractivity contribution is 0.0939. The summed E-state index contributed by atoms with van der Waals surface area (Å²) < 4.78 is 11.0. The molecule has 0 aliphatic carbocycles. The Kier molecular flexibility index (Phi) is 5.94. The van der Waals surface area contributed by atoms with Gasteiger partial charge >= 0.3 is 0 Å². The van der Waals surface area contributed by atoms with Gasteiger partial charge in [-0.15, -0.1) is 0 Å². The number of rotatable bonds is 7. The van der Waals surface area contributed by atoms with Crippen molar-refractivity contribution in [3.05, 3.63) is 78.3 Å². The van der Waals surface area contributed by atoms with Crippen LogP contribution in [0.2, 0.25) is 0 Å². The molecule has 140 valence electrons. The van der Waals surface area contributed by atoms with Gasteiger partial charge in [-0.1, -0.05) is 30.3 Å². The maximum absolute atomic E-state index is 12.7. The Morgan fingerprint density at radius 3 is 2.52 bits per heavy atom. The van der Waals surface area contributed by atoms with E-state index in [0.29, 0.717) is 12.1 Å². The summed E-state index contributed by atoms with van der Waals surface area (Å²) in [6.07, 6.45) is 1.64. The second kappa shape index (κ2) is 8.56. The first-order valence-electron chi connectivity index (χ1n) is 8.81. The number of carbonyl (C=O) groups is 1. The third-order valence-electron chi connectivity index (χ3n) is 4.50. The van der Waals surface area contributed by atoms with Gasteiger partial charge in [-0.25, -0.2) is 0 Å². The zero-order valence-electron chi connectivity index (χ0n) is 15.8. The molecule has 0 aliphatic heterocycles. The maximum Gasteiger partial charge on any atom is 0.251 e. The van der Waals surface area contributed by atoms with Gasteiger partial charge in [-0.3, -0.25) is 9.69 Å². The van der Waals surface area contributed by atoms with Crippen LogP contribution in [0.25, 0.3) is 11.1 Å². The molecule has 0 saturated heterocycles. The predicted molar refractivity (Wildman–Crippen MR) is 106 cm³/mol. The minimum Gasteiger partial charge on any atom is -0.496 e. The lowest BCUT2D eigenvalue weighted by Crippen LogP contribution is -2.34. The van der Waals surface area contributed by atoms with E-state index in [0.717, 1.165) is 22.6 Å². The highest BCUT2D eigenvalue weighted by Gasteiger charge is 2.19. The van der Waals surface area contributed by atoms with E-state index in [2.05, 4.69) is 5.32 Å². The van der Waals surface area contributed by atoms with Crippen LogP contribution in [0, 0.1) is 0 Å². The third kappa shape index (κ3) is 4.38. The first-order chi connectivity index (χ1) is 13.1. The van der Waals surface area contributed by atoms with E-state index in [1.54, 1.807) is 19.4 Å². The van der Waals surface area contributed by atoms with Crippen molar-refractivity contribution in [1.82, 2.24) is 10.2 Å². The Bertz CT molecular complexity index is 874. The number of carbonyl (C=O) groups excluding carboxylic acids is 1. The molecule has 1 amide bonds. The number of nitrogens with zero attached hydrogens (tertiary/aromatic N) is 1. The summed E-state index contributed by atoms with van der Waals surface area (Å²) in [5.41, 5.74) is 2.48. The zero-order chi connectivity index (χ0) is 19.2. The Balaban J connectivity index is 1.79. The summed E-state index contributed by atoms with van der Waals surface area (Å²) in [5, 5.41) is 3.00. The van der Waals surface area contributed by atoms with Crippen molar-refractivity contribution in [2.45, 2.75) is 6.04 Å². The molecule has 1 unspecified atom stereocenters. The summed E-state index contributed by atoms with van der Waals surface area (Å²) in [4.78, 5) is 14.7. The number of nitrogens with one attached hydrogen (secondary N) is 1. The van der Waals surface area contributed by atoms with E-state index in [-0.39, 0.29) is 11.9 Å². The summed E-state index contributed by atoms with van der Waals surface area (Å²) in [6.45, 7) is 0.450. The Hall–Kier alpha value is -3.05. The Morgan fingerprint density at radius 1 is 1.11 bits per heavy atom. The summed E-state index contributed by atoms with van der Waals surface area (Å²) in [6, 6.07) is 19.1. The van der Waals surface area contributed by atoms with Crippen molar-refractivity contribution in [1.29, 1.82) is 0 Å². The standard InChI is InChI=1S/C22H24N2O3/c1-24(2)19(21-10-7-13-27-21)15-23-22(25)17-11-12-20(26-3)18(14-17)16-8-5-4-6-9-16/h4-14,19H,15H2,1-3H3,(H,23,25). The number of hydrogen-bond acceptors (Lipinski definition) is 4. The van der Waals surface area contributed by atoms with E-state index in [1.807, 2.05) is 73.6 Å². The van der Waals surface area contributed by atoms with Crippen LogP contribution < -0.4 is 10.1 Å². The van der Waals surface area contributed by atoms with Gasteiger partial charge in [0.05, 0.1) is 19.4 Å². The monoisotopic (exact) mass is 364 g/mol. The molecule has 0 radical (unpaired) electrons. The molecule has 27 heavy (non-hydrogen) atoms. The highest BCUT2D eigenvalue weighted by atomic mass is 16.5. The van der Waals surface area contributed by atoms with Crippen molar-refractivity contribution in [3.63, 3.8) is 0 Å². The lowest BCUT2D eigenvalue weighted by Gasteiger charge is -2.22. The van der Waals surface area contributed by atoms with Gasteiger partial charge in [-0.05, 0) is 50.0 Å². The Morgan fingerprint density at radius 2 is 1.89 bits per heavy atom. The first kappa shape index (κ1) is 18.7. The topological polar surface area (TPSA) is 54.7 Å². The van der Waals surface area contributed by atoms with Crippen LogP contribution in [0.4, 0.5) is 0 Å². The van der Waals surface area contributed by atoms with Crippen molar-refractivity contribution in [2.24, 2.45) is 0 Å². The third-order valence-corrected chi connectivity index (χ3v) is 4.50. The van der Waals surface area contributed by atoms with Crippen LogP contribution in [0.1, 0.15) is 22.2 Å². The number of ether oxygens (including phenoxy) is 1. The molecule has 3 aromatic rings. The molecule has 5 nitrogen and oxygen atoms in total. The van der Waals surface area contributed by atoms with Gasteiger partial charge in [0.25, 0.3) is 5.91 Å². The fraction of sp³-hybridized carbons (Fsp3) is 0.227. The smallest absolute Gasteiger partial charge is 0.251 e. The van der Waals surface area contributed by atoms with Gasteiger partial charge in [0.15, 0.2) is 0 Å². The van der Waals surface area contributed by atoms with E-state index in [4.69, 9.17) is 9.15 Å². The van der Waals surface area contributed by atoms with Crippen LogP contribution in [0.15, 0.2) is 71.3 Å². The van der Waals surface area contributed by atoms with Gasteiger partial charge in [-0.2, -0.15) is 0 Å². The molecule has 1 aromatic heterocycles. The molecule has 1 atom stereocenters. The molecule has 0 fully saturated rings. The highest BCUT2D eigenvalue weighted by Crippen LogP contribution is 2.30. The van der Waals surface area contributed by atoms with Gasteiger partial charge in [0, 0.05) is 17.7 Å². The average molecular weight is 364 g/mol. The van der Waals surface area contributed by atoms with Crippen LogP contribution >= 0.6 is 0 Å². The van der Waals surface area contributed by atoms with Crippen molar-refractivity contribution < 1.29 is 13.9 Å². The molecule has 1 heterocycles. The average Bonchev–Trinajstić information content (AvgIpc) is 3.22. The number of amides is 1. The van der Waals surface area contributed by atoms with Gasteiger partial charge in [0.1, 0.15) is 11.5 Å². The molecule has 0 saturated carbocycles. The van der Waals surface area contributed by atoms with Gasteiger partial charge < -0.3 is 14.5 Å². The van der Waals surface area contributed by atoms with Crippen LogP contribution in [0.3, 0.4) is 0 Å². The van der Waals surface area contributed by atoms with Crippen molar-refractivity contribution in [2.75, 3.05) is 27.7 Å². The minimum atomic E-state index is -0.131. The van der Waals surface area contributed by atoms with E-state index in [1.165, 1.54) is 0 Å². The number of methoxy groups -OCH3 is 1. The van der Waals surface area contributed by atoms with Crippen molar-refractivity contribution >= 4 is 5.91 Å². The first-order valence-corrected chi connectivity index (χ1v) is 8.81. The molecule has 5 heteroatoms. The molecule has 1 N–H and O–H groups in total. The van der Waals surface area contributed by atoms with Crippen LogP contribution in [-0.2, 0) is 0 Å². The van der Waals surface area contributed by atoms with Crippen LogP contribution in [-0.4, -0.2) is 38.6 Å². The normalized spacial score (nSPS) is 12.0. The zero-order valence-corrected chi connectivity index (χ0v) is 15.8. The summed E-state index contributed by atoms with van der Waals surface area (Å²) in [5.74, 6) is 1.42. The molecule has 0 aliphatic rings.